The van der Waals surface area contributed by atoms with Crippen LogP contribution < -0.4 is 10.9 Å². The molecule has 156 valence electrons. The van der Waals surface area contributed by atoms with Gasteiger partial charge in [-0.2, -0.15) is 4.98 Å². The summed E-state index contributed by atoms with van der Waals surface area (Å²) >= 11 is 5.91. The van der Waals surface area contributed by atoms with Crippen LogP contribution >= 0.6 is 11.6 Å². The highest BCUT2D eigenvalue weighted by Crippen LogP contribution is 2.21. The molecule has 8 heteroatoms. The summed E-state index contributed by atoms with van der Waals surface area (Å²) in [7, 11) is 0. The van der Waals surface area contributed by atoms with Crippen molar-refractivity contribution in [1.82, 2.24) is 14.7 Å². The molecule has 31 heavy (non-hydrogen) atoms. The maximum atomic E-state index is 12.9. The molecule has 4 rings (SSSR count). The zero-order valence-corrected chi connectivity index (χ0v) is 17.5. The number of carbonyl (C=O) groups is 1. The number of halogens is 1. The zero-order chi connectivity index (χ0) is 21.8. The first-order valence-electron chi connectivity index (χ1n) is 9.72. The number of nitrogens with zero attached hydrogens (tertiary/aromatic N) is 3. The van der Waals surface area contributed by atoms with Crippen LogP contribution in [0.4, 0.5) is 5.69 Å². The molecule has 0 saturated heterocycles. The summed E-state index contributed by atoms with van der Waals surface area (Å²) < 4.78 is 6.60. The van der Waals surface area contributed by atoms with Crippen LogP contribution in [-0.2, 0) is 17.8 Å². The third kappa shape index (κ3) is 4.73. The van der Waals surface area contributed by atoms with Gasteiger partial charge in [0, 0.05) is 22.5 Å². The largest absolute Gasteiger partial charge is 0.333 e. The Hall–Kier alpha value is -3.71. The van der Waals surface area contributed by atoms with Gasteiger partial charge in [0.1, 0.15) is 12.1 Å². The van der Waals surface area contributed by atoms with Gasteiger partial charge in [0.15, 0.2) is 0 Å². The number of anilines is 1. The van der Waals surface area contributed by atoms with E-state index in [0.29, 0.717) is 22.1 Å². The molecule has 0 saturated carbocycles. The molecule has 0 unspecified atom stereocenters. The third-order valence-electron chi connectivity index (χ3n) is 4.71. The predicted molar refractivity (Wildman–Crippen MR) is 119 cm³/mol. The molecule has 0 fully saturated rings. The van der Waals surface area contributed by atoms with Gasteiger partial charge >= 0.3 is 0 Å². The van der Waals surface area contributed by atoms with Crippen molar-refractivity contribution in [3.05, 3.63) is 87.8 Å². The average Bonchev–Trinajstić information content (AvgIpc) is 3.26. The van der Waals surface area contributed by atoms with Crippen molar-refractivity contribution in [3.8, 4) is 22.8 Å². The number of nitrogens with one attached hydrogen (secondary N) is 1. The van der Waals surface area contributed by atoms with Crippen molar-refractivity contribution in [2.75, 3.05) is 5.32 Å². The molecule has 0 atom stereocenters. The van der Waals surface area contributed by atoms with Crippen molar-refractivity contribution in [2.24, 2.45) is 0 Å². The van der Waals surface area contributed by atoms with Crippen LogP contribution in [0.25, 0.3) is 22.8 Å². The number of aryl methyl sites for hydroxylation is 1. The molecule has 0 aliphatic heterocycles. The zero-order valence-electron chi connectivity index (χ0n) is 16.7. The SMILES string of the molecule is CCc1cccc(NC(=O)Cn2cccc(-c3nc(-c4ccc(Cl)cc4)no3)c2=O)c1. The lowest BCUT2D eigenvalue weighted by Gasteiger charge is -2.09. The fraction of sp³-hybridized carbons (Fsp3) is 0.130. The highest BCUT2D eigenvalue weighted by Gasteiger charge is 2.16. The number of rotatable bonds is 6. The molecule has 1 N–H and O–H groups in total. The number of aromatic nitrogens is 3. The first-order valence-corrected chi connectivity index (χ1v) is 10.1. The van der Waals surface area contributed by atoms with E-state index in [-0.39, 0.29) is 23.9 Å². The van der Waals surface area contributed by atoms with Crippen molar-refractivity contribution >= 4 is 23.2 Å². The Morgan fingerprint density at radius 3 is 2.71 bits per heavy atom. The summed E-state index contributed by atoms with van der Waals surface area (Å²) in [4.78, 5) is 29.7. The van der Waals surface area contributed by atoms with Crippen molar-refractivity contribution in [3.63, 3.8) is 0 Å². The van der Waals surface area contributed by atoms with Gasteiger partial charge in [-0.1, -0.05) is 35.8 Å². The fourth-order valence-electron chi connectivity index (χ4n) is 3.10. The van der Waals surface area contributed by atoms with Gasteiger partial charge < -0.3 is 14.4 Å². The Labute approximate surface area is 183 Å². The van der Waals surface area contributed by atoms with Gasteiger partial charge in [0.2, 0.25) is 11.7 Å². The topological polar surface area (TPSA) is 90.0 Å². The van der Waals surface area contributed by atoms with Gasteiger partial charge in [-0.05, 0) is 60.5 Å². The second-order valence-corrected chi connectivity index (χ2v) is 7.32. The maximum Gasteiger partial charge on any atom is 0.263 e. The van der Waals surface area contributed by atoms with E-state index in [2.05, 4.69) is 15.5 Å². The average molecular weight is 435 g/mol. The number of hydrogen-bond acceptors (Lipinski definition) is 5. The van der Waals surface area contributed by atoms with E-state index in [4.69, 9.17) is 16.1 Å². The van der Waals surface area contributed by atoms with Crippen LogP contribution in [0.3, 0.4) is 0 Å². The van der Waals surface area contributed by atoms with Gasteiger partial charge in [-0.25, -0.2) is 0 Å². The quantitative estimate of drug-likeness (QED) is 0.485. The fourth-order valence-corrected chi connectivity index (χ4v) is 3.22. The van der Waals surface area contributed by atoms with Crippen LogP contribution in [0.2, 0.25) is 5.02 Å². The summed E-state index contributed by atoms with van der Waals surface area (Å²) in [6.45, 7) is 1.91. The van der Waals surface area contributed by atoms with Gasteiger partial charge in [0.05, 0.1) is 0 Å². The van der Waals surface area contributed by atoms with E-state index in [1.807, 2.05) is 31.2 Å². The molecule has 0 bridgehead atoms. The first-order chi connectivity index (χ1) is 15.0. The summed E-state index contributed by atoms with van der Waals surface area (Å²) in [5, 5.41) is 7.36. The van der Waals surface area contributed by atoms with Crippen LogP contribution in [0.1, 0.15) is 12.5 Å². The monoisotopic (exact) mass is 434 g/mol. The number of amides is 1. The molecule has 2 heterocycles. The van der Waals surface area contributed by atoms with E-state index in [0.717, 1.165) is 12.0 Å². The Balaban J connectivity index is 1.54. The van der Waals surface area contributed by atoms with Gasteiger partial charge in [0.25, 0.3) is 11.4 Å². The third-order valence-corrected chi connectivity index (χ3v) is 4.96. The lowest BCUT2D eigenvalue weighted by molar-refractivity contribution is -0.116. The smallest absolute Gasteiger partial charge is 0.263 e. The molecule has 2 aromatic carbocycles. The Bertz CT molecular complexity index is 1280. The van der Waals surface area contributed by atoms with Crippen LogP contribution in [0, 0.1) is 0 Å². The normalized spacial score (nSPS) is 10.8. The van der Waals surface area contributed by atoms with Crippen molar-refractivity contribution < 1.29 is 9.32 Å². The molecule has 0 aliphatic carbocycles. The molecular formula is C23H19ClN4O3. The summed E-state index contributed by atoms with van der Waals surface area (Å²) in [6.07, 6.45) is 2.41. The Morgan fingerprint density at radius 2 is 1.94 bits per heavy atom. The Morgan fingerprint density at radius 1 is 1.13 bits per heavy atom. The first kappa shape index (κ1) is 20.6. The highest BCUT2D eigenvalue weighted by molar-refractivity contribution is 6.30. The number of hydrogen-bond donors (Lipinski definition) is 1. The van der Waals surface area contributed by atoms with Crippen molar-refractivity contribution in [1.29, 1.82) is 0 Å². The van der Waals surface area contributed by atoms with E-state index in [1.54, 1.807) is 42.6 Å². The molecule has 2 aromatic heterocycles. The predicted octanol–water partition coefficient (Wildman–Crippen LogP) is 4.42. The van der Waals surface area contributed by atoms with Crippen molar-refractivity contribution in [2.45, 2.75) is 19.9 Å². The molecule has 1 amide bonds. The lowest BCUT2D eigenvalue weighted by Crippen LogP contribution is -2.28. The molecular weight excluding hydrogens is 416 g/mol. The van der Waals surface area contributed by atoms with E-state index >= 15 is 0 Å². The summed E-state index contributed by atoms with van der Waals surface area (Å²) in [5.74, 6) is 0.121. The van der Waals surface area contributed by atoms with E-state index in [1.165, 1.54) is 4.57 Å². The molecule has 0 radical (unpaired) electrons. The minimum Gasteiger partial charge on any atom is -0.333 e. The summed E-state index contributed by atoms with van der Waals surface area (Å²) in [6, 6.07) is 17.8. The maximum absolute atomic E-state index is 12.9. The van der Waals surface area contributed by atoms with Crippen LogP contribution in [0.5, 0.6) is 0 Å². The van der Waals surface area contributed by atoms with E-state index in [9.17, 15) is 9.59 Å². The van der Waals surface area contributed by atoms with E-state index < -0.39 is 5.56 Å². The second kappa shape index (κ2) is 8.97. The number of benzene rings is 2. The Kier molecular flexibility index (Phi) is 5.95. The van der Waals surface area contributed by atoms with Gasteiger partial charge in [-0.3, -0.25) is 9.59 Å². The highest BCUT2D eigenvalue weighted by atomic mass is 35.5. The van der Waals surface area contributed by atoms with Crippen LogP contribution in [0.15, 0.2) is 76.2 Å². The molecule has 0 spiro atoms. The lowest BCUT2D eigenvalue weighted by atomic mass is 10.1. The van der Waals surface area contributed by atoms with Gasteiger partial charge in [-0.15, -0.1) is 0 Å². The molecule has 7 nitrogen and oxygen atoms in total. The number of pyridine rings is 1. The minimum absolute atomic E-state index is 0.0837. The molecule has 0 aliphatic rings. The minimum atomic E-state index is -0.397. The summed E-state index contributed by atoms with van der Waals surface area (Å²) in [5.41, 5.74) is 2.34. The number of carbonyl (C=O) groups excluding carboxylic acids is 1. The molecule has 4 aromatic rings. The second-order valence-electron chi connectivity index (χ2n) is 6.89. The van der Waals surface area contributed by atoms with Crippen LogP contribution in [-0.4, -0.2) is 20.6 Å². The standard InChI is InChI=1S/C23H19ClN4O3/c1-2-15-5-3-6-18(13-15)25-20(29)14-28-12-4-7-19(23(28)30)22-26-21(27-31-22)16-8-10-17(24)11-9-16/h3-13H,2,14H2,1H3,(H,25,29).